The topological polar surface area (TPSA) is 25.8 Å². The van der Waals surface area contributed by atoms with Crippen LogP contribution >= 0.6 is 0 Å². The monoisotopic (exact) mass is 560 g/mol. The lowest BCUT2D eigenvalue weighted by Gasteiger charge is -2.12. The van der Waals surface area contributed by atoms with Crippen LogP contribution in [0.25, 0.3) is 50.0 Å². The second-order valence-corrected chi connectivity index (χ2v) is 10.9. The molecule has 0 amide bonds. The summed E-state index contributed by atoms with van der Waals surface area (Å²) in [4.78, 5) is 9.44. The maximum atomic E-state index is 13.5. The van der Waals surface area contributed by atoms with E-state index < -0.39 is 11.7 Å². The van der Waals surface area contributed by atoms with Crippen LogP contribution in [0.2, 0.25) is 0 Å². The Bertz CT molecular complexity index is 1860. The SMILES string of the molecule is CC/C=C\C1=C(C)Cc2ccc(-c3ccc(-c4cnc5cc(-c6cc(CC)cc(C(F)(F)F)c6)ccc5c4)cn3)cc21. The summed E-state index contributed by atoms with van der Waals surface area (Å²) in [7, 11) is 0. The van der Waals surface area contributed by atoms with Crippen molar-refractivity contribution < 1.29 is 13.2 Å². The highest BCUT2D eigenvalue weighted by Crippen LogP contribution is 2.37. The molecule has 0 saturated heterocycles. The first-order valence-corrected chi connectivity index (χ1v) is 14.3. The number of allylic oxidation sites excluding steroid dienone is 4. The van der Waals surface area contributed by atoms with E-state index in [9.17, 15) is 13.2 Å². The van der Waals surface area contributed by atoms with Crippen LogP contribution in [-0.4, -0.2) is 9.97 Å². The zero-order chi connectivity index (χ0) is 29.4. The number of aryl methyl sites for hydroxylation is 1. The number of hydrogen-bond acceptors (Lipinski definition) is 2. The summed E-state index contributed by atoms with van der Waals surface area (Å²) in [6.07, 6.45) is 6.24. The largest absolute Gasteiger partial charge is 0.416 e. The summed E-state index contributed by atoms with van der Waals surface area (Å²) in [5, 5.41) is 0.913. The molecule has 2 nitrogen and oxygen atoms in total. The van der Waals surface area contributed by atoms with Gasteiger partial charge in [-0.1, -0.05) is 68.0 Å². The number of alkyl halides is 3. The number of hydrogen-bond donors (Lipinski definition) is 0. The number of aromatic nitrogens is 2. The fourth-order valence-corrected chi connectivity index (χ4v) is 5.64. The van der Waals surface area contributed by atoms with Gasteiger partial charge in [-0.15, -0.1) is 0 Å². The minimum Gasteiger partial charge on any atom is -0.256 e. The number of halogens is 3. The van der Waals surface area contributed by atoms with Gasteiger partial charge in [0.15, 0.2) is 0 Å². The number of fused-ring (bicyclic) bond motifs is 2. The molecular formula is C37H31F3N2. The molecule has 210 valence electrons. The van der Waals surface area contributed by atoms with E-state index in [0.717, 1.165) is 46.1 Å². The Morgan fingerprint density at radius 2 is 1.55 bits per heavy atom. The van der Waals surface area contributed by atoms with Crippen LogP contribution in [0, 0.1) is 0 Å². The first-order valence-electron chi connectivity index (χ1n) is 14.3. The van der Waals surface area contributed by atoms with Crippen molar-refractivity contribution in [3.63, 3.8) is 0 Å². The van der Waals surface area contributed by atoms with Gasteiger partial charge >= 0.3 is 6.18 Å². The van der Waals surface area contributed by atoms with Gasteiger partial charge in [0.25, 0.3) is 0 Å². The third kappa shape index (κ3) is 5.39. The van der Waals surface area contributed by atoms with Crippen molar-refractivity contribution in [3.8, 4) is 33.5 Å². The van der Waals surface area contributed by atoms with E-state index in [1.807, 2.05) is 49.5 Å². The predicted molar refractivity (Wildman–Crippen MR) is 166 cm³/mol. The molecule has 1 aliphatic carbocycles. The first kappa shape index (κ1) is 27.6. The lowest BCUT2D eigenvalue weighted by Crippen LogP contribution is -2.06. The molecule has 42 heavy (non-hydrogen) atoms. The Kier molecular flexibility index (Phi) is 7.28. The molecule has 2 heterocycles. The van der Waals surface area contributed by atoms with E-state index in [-0.39, 0.29) is 0 Å². The molecule has 0 radical (unpaired) electrons. The molecule has 3 aromatic carbocycles. The lowest BCUT2D eigenvalue weighted by atomic mass is 9.97. The van der Waals surface area contributed by atoms with Gasteiger partial charge in [-0.2, -0.15) is 13.2 Å². The van der Waals surface area contributed by atoms with Crippen LogP contribution in [0.4, 0.5) is 13.2 Å². The Morgan fingerprint density at radius 3 is 2.29 bits per heavy atom. The quantitative estimate of drug-likeness (QED) is 0.206. The predicted octanol–water partition coefficient (Wildman–Crippen LogP) is 10.5. The molecule has 5 heteroatoms. The molecule has 0 unspecified atom stereocenters. The third-order valence-electron chi connectivity index (χ3n) is 7.97. The van der Waals surface area contributed by atoms with E-state index in [4.69, 9.17) is 4.98 Å². The molecule has 0 atom stereocenters. The van der Waals surface area contributed by atoms with Crippen LogP contribution in [0.5, 0.6) is 0 Å². The van der Waals surface area contributed by atoms with Gasteiger partial charge in [-0.3, -0.25) is 9.97 Å². The van der Waals surface area contributed by atoms with Crippen molar-refractivity contribution in [3.05, 3.63) is 125 Å². The van der Waals surface area contributed by atoms with E-state index in [2.05, 4.69) is 55.2 Å². The van der Waals surface area contributed by atoms with Gasteiger partial charge in [0.1, 0.15) is 0 Å². The number of benzene rings is 3. The number of pyridine rings is 2. The normalized spacial score (nSPS) is 13.4. The Balaban J connectivity index is 1.28. The molecule has 0 saturated carbocycles. The van der Waals surface area contributed by atoms with Gasteiger partial charge in [-0.05, 0) is 96.0 Å². The summed E-state index contributed by atoms with van der Waals surface area (Å²) < 4.78 is 40.4. The molecule has 5 aromatic rings. The highest BCUT2D eigenvalue weighted by Gasteiger charge is 2.31. The van der Waals surface area contributed by atoms with Crippen LogP contribution in [0.15, 0.2) is 103 Å². The number of nitrogens with zero attached hydrogens (tertiary/aromatic N) is 2. The molecular weight excluding hydrogens is 529 g/mol. The van der Waals surface area contributed by atoms with Crippen molar-refractivity contribution in [2.75, 3.05) is 0 Å². The van der Waals surface area contributed by atoms with Crippen LogP contribution in [0.1, 0.15) is 49.4 Å². The molecule has 1 aliphatic rings. The minimum atomic E-state index is -4.39. The van der Waals surface area contributed by atoms with Crippen molar-refractivity contribution >= 4 is 16.5 Å². The average Bonchev–Trinajstić information content (AvgIpc) is 3.32. The van der Waals surface area contributed by atoms with E-state index >= 15 is 0 Å². The molecule has 2 aromatic heterocycles. The van der Waals surface area contributed by atoms with Crippen molar-refractivity contribution in [1.29, 1.82) is 0 Å². The standard InChI is InChI=1S/C37H31F3N2/c1-4-6-7-33-23(3)14-26-9-11-28(19-34(26)33)35-13-12-29(21-41-35)31-17-27-10-8-25(20-36(27)42-22-31)30-15-24(5-2)16-32(18-30)37(38,39)40/h6-13,15-22H,4-5,14H2,1-3H3/b7-6-. The summed E-state index contributed by atoms with van der Waals surface area (Å²) in [6, 6.07) is 22.6. The maximum Gasteiger partial charge on any atom is 0.416 e. The van der Waals surface area contributed by atoms with Crippen LogP contribution in [0.3, 0.4) is 0 Å². The summed E-state index contributed by atoms with van der Waals surface area (Å²) in [5.41, 5.74) is 11.2. The molecule has 0 fully saturated rings. The Hall–Kier alpha value is -4.51. The van der Waals surface area contributed by atoms with Gasteiger partial charge in [-0.25, -0.2) is 0 Å². The van der Waals surface area contributed by atoms with Crippen molar-refractivity contribution in [1.82, 2.24) is 9.97 Å². The highest BCUT2D eigenvalue weighted by atomic mass is 19.4. The molecule has 0 aliphatic heterocycles. The number of rotatable bonds is 6. The smallest absolute Gasteiger partial charge is 0.256 e. The Morgan fingerprint density at radius 1 is 0.762 bits per heavy atom. The van der Waals surface area contributed by atoms with E-state index in [1.54, 1.807) is 6.20 Å². The fraction of sp³-hybridized carbons (Fsp3) is 0.189. The molecule has 0 N–H and O–H groups in total. The van der Waals surface area contributed by atoms with Crippen molar-refractivity contribution in [2.45, 2.75) is 46.2 Å². The first-order chi connectivity index (χ1) is 20.2. The van der Waals surface area contributed by atoms with Crippen LogP contribution < -0.4 is 0 Å². The second-order valence-electron chi connectivity index (χ2n) is 10.9. The molecule has 0 bridgehead atoms. The minimum absolute atomic E-state index is 0.527. The average molecular weight is 561 g/mol. The van der Waals surface area contributed by atoms with Crippen LogP contribution in [-0.2, 0) is 19.0 Å². The Labute approximate surface area is 244 Å². The van der Waals surface area contributed by atoms with Gasteiger partial charge in [0, 0.05) is 34.5 Å². The maximum absolute atomic E-state index is 13.5. The van der Waals surface area contributed by atoms with Gasteiger partial charge in [0.2, 0.25) is 0 Å². The van der Waals surface area contributed by atoms with E-state index in [0.29, 0.717) is 23.1 Å². The molecule has 6 rings (SSSR count). The zero-order valence-electron chi connectivity index (χ0n) is 23.9. The summed E-state index contributed by atoms with van der Waals surface area (Å²) in [6.45, 7) is 6.21. The fourth-order valence-electron chi connectivity index (χ4n) is 5.64. The summed E-state index contributed by atoms with van der Waals surface area (Å²) >= 11 is 0. The highest BCUT2D eigenvalue weighted by molar-refractivity contribution is 5.88. The van der Waals surface area contributed by atoms with Crippen molar-refractivity contribution in [2.24, 2.45) is 0 Å². The van der Waals surface area contributed by atoms with Gasteiger partial charge < -0.3 is 0 Å². The molecule has 0 spiro atoms. The third-order valence-corrected chi connectivity index (χ3v) is 7.97. The second kappa shape index (κ2) is 11.1. The zero-order valence-corrected chi connectivity index (χ0v) is 23.9. The lowest BCUT2D eigenvalue weighted by molar-refractivity contribution is -0.137. The summed E-state index contributed by atoms with van der Waals surface area (Å²) in [5.74, 6) is 0. The van der Waals surface area contributed by atoms with Gasteiger partial charge in [0.05, 0.1) is 16.8 Å². The van der Waals surface area contributed by atoms with E-state index in [1.165, 1.54) is 34.4 Å².